The van der Waals surface area contributed by atoms with Crippen LogP contribution in [0.25, 0.3) is 0 Å². The SMILES string of the molecule is C=C/C=C\C(=C)C(=C)/C(=C\C)COCCOC(C)Oc1ccc(C(CC(C)(C)C)C(C)(C)C)cc1. The van der Waals surface area contributed by atoms with Crippen molar-refractivity contribution in [3.8, 4) is 5.75 Å². The first-order valence-electron chi connectivity index (χ1n) is 12.6. The van der Waals surface area contributed by atoms with Gasteiger partial charge in [-0.05, 0) is 71.4 Å². The Morgan fingerprint density at radius 2 is 1.63 bits per heavy atom. The van der Waals surface area contributed by atoms with E-state index < -0.39 is 0 Å². The van der Waals surface area contributed by atoms with Crippen LogP contribution in [0.4, 0.5) is 0 Å². The highest BCUT2D eigenvalue weighted by Crippen LogP contribution is 2.43. The van der Waals surface area contributed by atoms with Crippen LogP contribution in [0.5, 0.6) is 5.75 Å². The van der Waals surface area contributed by atoms with Gasteiger partial charge in [0.05, 0.1) is 19.8 Å². The molecule has 0 N–H and O–H groups in total. The molecule has 3 heteroatoms. The number of allylic oxidation sites excluding steroid dienone is 5. The first kappa shape index (κ1) is 30.7. The highest BCUT2D eigenvalue weighted by Gasteiger charge is 2.30. The summed E-state index contributed by atoms with van der Waals surface area (Å²) >= 11 is 0. The average Bonchev–Trinajstić information content (AvgIpc) is 2.77. The van der Waals surface area contributed by atoms with Crippen molar-refractivity contribution in [1.82, 2.24) is 0 Å². The molecular formula is C32H48O3. The van der Waals surface area contributed by atoms with E-state index in [0.717, 1.165) is 28.9 Å². The molecule has 0 heterocycles. The predicted molar refractivity (Wildman–Crippen MR) is 151 cm³/mol. The van der Waals surface area contributed by atoms with Crippen molar-refractivity contribution in [2.24, 2.45) is 10.8 Å². The molecule has 1 aromatic carbocycles. The Morgan fingerprint density at radius 1 is 1.00 bits per heavy atom. The van der Waals surface area contributed by atoms with Gasteiger partial charge >= 0.3 is 0 Å². The fraction of sp³-hybridized carbons (Fsp3) is 0.500. The first-order valence-corrected chi connectivity index (χ1v) is 12.6. The van der Waals surface area contributed by atoms with Gasteiger partial charge < -0.3 is 14.2 Å². The van der Waals surface area contributed by atoms with E-state index in [1.165, 1.54) is 5.56 Å². The first-order chi connectivity index (χ1) is 16.3. The Hall–Kier alpha value is -2.36. The van der Waals surface area contributed by atoms with E-state index in [-0.39, 0.29) is 17.1 Å². The molecule has 0 saturated heterocycles. The highest BCUT2D eigenvalue weighted by molar-refractivity contribution is 5.49. The largest absolute Gasteiger partial charge is 0.465 e. The van der Waals surface area contributed by atoms with Gasteiger partial charge in [0.1, 0.15) is 5.75 Å². The van der Waals surface area contributed by atoms with Gasteiger partial charge in [-0.2, -0.15) is 0 Å². The summed E-state index contributed by atoms with van der Waals surface area (Å²) in [5.74, 6) is 1.29. The number of benzene rings is 1. The normalized spacial score (nSPS) is 14.6. The zero-order valence-electron chi connectivity index (χ0n) is 23.4. The molecular weight excluding hydrogens is 432 g/mol. The summed E-state index contributed by atoms with van der Waals surface area (Å²) in [4.78, 5) is 0. The third kappa shape index (κ3) is 11.7. The molecule has 0 aliphatic rings. The highest BCUT2D eigenvalue weighted by atomic mass is 16.7. The lowest BCUT2D eigenvalue weighted by atomic mass is 9.69. The van der Waals surface area contributed by atoms with E-state index in [0.29, 0.717) is 25.7 Å². The molecule has 2 atom stereocenters. The Labute approximate surface area is 215 Å². The Morgan fingerprint density at radius 3 is 2.14 bits per heavy atom. The summed E-state index contributed by atoms with van der Waals surface area (Å²) < 4.78 is 17.5. The molecule has 0 radical (unpaired) electrons. The van der Waals surface area contributed by atoms with Crippen LogP contribution in [0.1, 0.15) is 73.3 Å². The van der Waals surface area contributed by atoms with E-state index in [1.54, 1.807) is 6.08 Å². The molecule has 0 aliphatic carbocycles. The van der Waals surface area contributed by atoms with E-state index >= 15 is 0 Å². The van der Waals surface area contributed by atoms with Gasteiger partial charge in [0.2, 0.25) is 0 Å². The van der Waals surface area contributed by atoms with Crippen molar-refractivity contribution in [2.45, 2.75) is 74.0 Å². The van der Waals surface area contributed by atoms with E-state index in [4.69, 9.17) is 14.2 Å². The van der Waals surface area contributed by atoms with Gasteiger partial charge in [-0.25, -0.2) is 0 Å². The molecule has 3 nitrogen and oxygen atoms in total. The summed E-state index contributed by atoms with van der Waals surface area (Å²) in [6, 6.07) is 8.47. The van der Waals surface area contributed by atoms with Crippen molar-refractivity contribution in [1.29, 1.82) is 0 Å². The smallest absolute Gasteiger partial charge is 0.197 e. The van der Waals surface area contributed by atoms with Gasteiger partial charge in [0.25, 0.3) is 0 Å². The third-order valence-electron chi connectivity index (χ3n) is 5.84. The van der Waals surface area contributed by atoms with Crippen LogP contribution in [-0.4, -0.2) is 26.1 Å². The molecule has 2 unspecified atom stereocenters. The zero-order valence-corrected chi connectivity index (χ0v) is 23.4. The van der Waals surface area contributed by atoms with Crippen LogP contribution in [0.2, 0.25) is 0 Å². The minimum Gasteiger partial charge on any atom is -0.465 e. The van der Waals surface area contributed by atoms with Gasteiger partial charge in [-0.15, -0.1) is 0 Å². The summed E-state index contributed by atoms with van der Waals surface area (Å²) in [5.41, 5.74) is 4.54. The maximum Gasteiger partial charge on any atom is 0.197 e. The molecule has 0 spiro atoms. The third-order valence-corrected chi connectivity index (χ3v) is 5.84. The predicted octanol–water partition coefficient (Wildman–Crippen LogP) is 8.81. The molecule has 0 amide bonds. The van der Waals surface area contributed by atoms with Crippen molar-refractivity contribution < 1.29 is 14.2 Å². The summed E-state index contributed by atoms with van der Waals surface area (Å²) in [5, 5.41) is 0. The van der Waals surface area contributed by atoms with Gasteiger partial charge in [0, 0.05) is 0 Å². The second kappa shape index (κ2) is 14.3. The molecule has 0 aliphatic heterocycles. The van der Waals surface area contributed by atoms with Crippen molar-refractivity contribution in [2.75, 3.05) is 19.8 Å². The van der Waals surface area contributed by atoms with Gasteiger partial charge in [-0.3, -0.25) is 0 Å². The van der Waals surface area contributed by atoms with Gasteiger partial charge in [-0.1, -0.05) is 97.7 Å². The zero-order chi connectivity index (χ0) is 26.6. The number of hydrogen-bond donors (Lipinski definition) is 0. The minimum absolute atomic E-state index is 0.195. The van der Waals surface area contributed by atoms with Gasteiger partial charge in [0.15, 0.2) is 6.29 Å². The average molecular weight is 481 g/mol. The summed E-state index contributed by atoms with van der Waals surface area (Å²) in [6.07, 6.45) is 8.22. The lowest BCUT2D eigenvalue weighted by Gasteiger charge is -2.36. The number of ether oxygens (including phenoxy) is 3. The molecule has 0 bridgehead atoms. The quantitative estimate of drug-likeness (QED) is 0.151. The van der Waals surface area contributed by atoms with Crippen molar-refractivity contribution in [3.05, 3.63) is 90.6 Å². The number of hydrogen-bond acceptors (Lipinski definition) is 3. The van der Waals surface area contributed by atoms with E-state index in [1.807, 2.05) is 44.2 Å². The second-order valence-electron chi connectivity index (χ2n) is 11.3. The summed E-state index contributed by atoms with van der Waals surface area (Å²) in [6.45, 7) is 30.9. The Balaban J connectivity index is 2.52. The van der Waals surface area contributed by atoms with Crippen molar-refractivity contribution in [3.63, 3.8) is 0 Å². The fourth-order valence-corrected chi connectivity index (χ4v) is 3.83. The topological polar surface area (TPSA) is 27.7 Å². The van der Waals surface area contributed by atoms with E-state index in [9.17, 15) is 0 Å². The van der Waals surface area contributed by atoms with Crippen LogP contribution in [0.15, 0.2) is 85.0 Å². The van der Waals surface area contributed by atoms with Crippen LogP contribution in [0.3, 0.4) is 0 Å². The fourth-order valence-electron chi connectivity index (χ4n) is 3.83. The Bertz CT molecular complexity index is 873. The Kier molecular flexibility index (Phi) is 12.5. The summed E-state index contributed by atoms with van der Waals surface area (Å²) in [7, 11) is 0. The maximum atomic E-state index is 5.96. The second-order valence-corrected chi connectivity index (χ2v) is 11.3. The molecule has 0 saturated carbocycles. The molecule has 194 valence electrons. The van der Waals surface area contributed by atoms with Crippen molar-refractivity contribution >= 4 is 0 Å². The maximum absolute atomic E-state index is 5.96. The standard InChI is InChI=1S/C32H48O3/c1-12-14-15-24(3)25(4)27(13-2)23-33-20-21-34-26(5)35-29-18-16-28(17-19-29)30(32(9,10)11)22-31(6,7)8/h12-19,26,30H,1,3-4,20-23H2,2,5-11H3/b15-14-,27-13-. The van der Waals surface area contributed by atoms with Crippen LogP contribution in [0, 0.1) is 10.8 Å². The minimum atomic E-state index is -0.364. The lowest BCUT2D eigenvalue weighted by molar-refractivity contribution is -0.0819. The molecule has 0 aromatic heterocycles. The molecule has 0 fully saturated rings. The van der Waals surface area contributed by atoms with Crippen LogP contribution in [-0.2, 0) is 9.47 Å². The monoisotopic (exact) mass is 480 g/mol. The number of rotatable bonds is 14. The van der Waals surface area contributed by atoms with Crippen LogP contribution < -0.4 is 4.74 Å². The van der Waals surface area contributed by atoms with Crippen LogP contribution >= 0.6 is 0 Å². The van der Waals surface area contributed by atoms with E-state index in [2.05, 4.69) is 73.4 Å². The molecule has 1 aromatic rings. The molecule has 35 heavy (non-hydrogen) atoms. The lowest BCUT2D eigenvalue weighted by Crippen LogP contribution is -2.24. The molecule has 1 rings (SSSR count).